The van der Waals surface area contributed by atoms with Crippen LogP contribution in [0.1, 0.15) is 16.8 Å². The number of H-pyrrole nitrogens is 1. The van der Waals surface area contributed by atoms with Gasteiger partial charge in [-0.2, -0.15) is 5.10 Å². The highest BCUT2D eigenvalue weighted by atomic mass is 16.3. The second kappa shape index (κ2) is 4.46. The van der Waals surface area contributed by atoms with Gasteiger partial charge in [0.25, 0.3) is 5.91 Å². The number of nitrogens with two attached hydrogens (primary N) is 1. The third-order valence-corrected chi connectivity index (χ3v) is 1.53. The van der Waals surface area contributed by atoms with Gasteiger partial charge in [-0.25, -0.2) is 0 Å². The van der Waals surface area contributed by atoms with Crippen LogP contribution in [-0.4, -0.2) is 34.4 Å². The zero-order valence-corrected chi connectivity index (χ0v) is 7.08. The van der Waals surface area contributed by atoms with E-state index in [9.17, 15) is 4.79 Å². The smallest absolute Gasteiger partial charge is 0.256 e. The number of nitrogen functional groups attached to an aromatic ring is 1. The standard InChI is InChI=1S/C7H12N4O2/c8-6-5(4-10-11-6)7(13)9-2-1-3-12/h4,12H,1-3H2,(H,9,13)(H3,8,10,11). The predicted octanol–water partition coefficient (Wildman–Crippen LogP) is -0.896. The third kappa shape index (κ3) is 2.45. The normalized spacial score (nSPS) is 9.92. The van der Waals surface area contributed by atoms with Gasteiger partial charge in [0.1, 0.15) is 11.4 Å². The second-order valence-electron chi connectivity index (χ2n) is 2.53. The van der Waals surface area contributed by atoms with Crippen LogP contribution in [-0.2, 0) is 0 Å². The summed E-state index contributed by atoms with van der Waals surface area (Å²) in [5.41, 5.74) is 5.75. The first-order chi connectivity index (χ1) is 6.25. The molecule has 0 radical (unpaired) electrons. The Labute approximate surface area is 75.1 Å². The van der Waals surface area contributed by atoms with Crippen LogP contribution in [0.4, 0.5) is 5.82 Å². The van der Waals surface area contributed by atoms with Gasteiger partial charge in [-0.3, -0.25) is 9.89 Å². The van der Waals surface area contributed by atoms with Crippen molar-refractivity contribution >= 4 is 11.7 Å². The molecule has 0 bridgehead atoms. The average Bonchev–Trinajstić information content (AvgIpc) is 2.52. The van der Waals surface area contributed by atoms with E-state index in [-0.39, 0.29) is 18.3 Å². The van der Waals surface area contributed by atoms with E-state index in [2.05, 4.69) is 15.5 Å². The molecule has 1 aromatic rings. The molecular formula is C7H12N4O2. The highest BCUT2D eigenvalue weighted by molar-refractivity contribution is 5.97. The fraction of sp³-hybridized carbons (Fsp3) is 0.429. The Morgan fingerprint density at radius 2 is 2.54 bits per heavy atom. The van der Waals surface area contributed by atoms with Gasteiger partial charge < -0.3 is 16.2 Å². The van der Waals surface area contributed by atoms with Crippen molar-refractivity contribution in [2.45, 2.75) is 6.42 Å². The Balaban J connectivity index is 2.45. The van der Waals surface area contributed by atoms with E-state index in [1.54, 1.807) is 0 Å². The number of hydrogen-bond acceptors (Lipinski definition) is 4. The lowest BCUT2D eigenvalue weighted by Crippen LogP contribution is -2.25. The molecule has 0 aliphatic heterocycles. The number of amides is 1. The molecule has 1 amide bonds. The Hall–Kier alpha value is -1.56. The van der Waals surface area contributed by atoms with Crippen molar-refractivity contribution in [1.29, 1.82) is 0 Å². The minimum atomic E-state index is -0.278. The number of nitrogens with zero attached hydrogens (tertiary/aromatic N) is 1. The molecule has 0 spiro atoms. The van der Waals surface area contributed by atoms with Gasteiger partial charge in [-0.15, -0.1) is 0 Å². The zero-order valence-electron chi connectivity index (χ0n) is 7.08. The molecule has 0 saturated heterocycles. The lowest BCUT2D eigenvalue weighted by Gasteiger charge is -2.01. The summed E-state index contributed by atoms with van der Waals surface area (Å²) in [7, 11) is 0. The van der Waals surface area contributed by atoms with Crippen LogP contribution in [0.15, 0.2) is 6.20 Å². The van der Waals surface area contributed by atoms with E-state index in [1.165, 1.54) is 6.20 Å². The van der Waals surface area contributed by atoms with Crippen molar-refractivity contribution < 1.29 is 9.90 Å². The molecule has 0 aromatic carbocycles. The van der Waals surface area contributed by atoms with Gasteiger partial charge in [-0.1, -0.05) is 0 Å². The number of rotatable bonds is 4. The second-order valence-corrected chi connectivity index (χ2v) is 2.53. The van der Waals surface area contributed by atoms with E-state index < -0.39 is 0 Å². The van der Waals surface area contributed by atoms with Crippen molar-refractivity contribution in [3.05, 3.63) is 11.8 Å². The summed E-state index contributed by atoms with van der Waals surface area (Å²) in [4.78, 5) is 11.3. The number of aromatic amines is 1. The Kier molecular flexibility index (Phi) is 3.27. The number of nitrogens with one attached hydrogen (secondary N) is 2. The van der Waals surface area contributed by atoms with Crippen molar-refractivity contribution in [1.82, 2.24) is 15.5 Å². The highest BCUT2D eigenvalue weighted by Crippen LogP contribution is 2.04. The zero-order chi connectivity index (χ0) is 9.68. The maximum atomic E-state index is 11.3. The molecular weight excluding hydrogens is 172 g/mol. The minimum absolute atomic E-state index is 0.0567. The summed E-state index contributed by atoms with van der Waals surface area (Å²) in [5, 5.41) is 17.1. The number of anilines is 1. The monoisotopic (exact) mass is 184 g/mol. The van der Waals surface area contributed by atoms with Crippen LogP contribution in [0.5, 0.6) is 0 Å². The maximum absolute atomic E-state index is 11.3. The summed E-state index contributed by atoms with van der Waals surface area (Å²) >= 11 is 0. The number of aromatic nitrogens is 2. The summed E-state index contributed by atoms with van der Waals surface area (Å²) in [6.45, 7) is 0.487. The Morgan fingerprint density at radius 1 is 1.77 bits per heavy atom. The first kappa shape index (κ1) is 9.53. The summed E-state index contributed by atoms with van der Waals surface area (Å²) < 4.78 is 0. The Bertz CT molecular complexity index is 284. The number of carbonyl (C=O) groups excluding carboxylic acids is 1. The number of hydrogen-bond donors (Lipinski definition) is 4. The van der Waals surface area contributed by atoms with E-state index >= 15 is 0 Å². The van der Waals surface area contributed by atoms with Crippen LogP contribution in [0.3, 0.4) is 0 Å². The fourth-order valence-corrected chi connectivity index (χ4v) is 0.853. The van der Waals surface area contributed by atoms with Crippen LogP contribution in [0.2, 0.25) is 0 Å². The molecule has 1 heterocycles. The van der Waals surface area contributed by atoms with Crippen molar-refractivity contribution in [2.24, 2.45) is 0 Å². The fourth-order valence-electron chi connectivity index (χ4n) is 0.853. The van der Waals surface area contributed by atoms with Gasteiger partial charge >= 0.3 is 0 Å². The molecule has 72 valence electrons. The van der Waals surface area contributed by atoms with E-state index in [0.717, 1.165) is 0 Å². The van der Waals surface area contributed by atoms with Crippen LogP contribution in [0.25, 0.3) is 0 Å². The molecule has 0 fully saturated rings. The highest BCUT2D eigenvalue weighted by Gasteiger charge is 2.09. The molecule has 6 heteroatoms. The van der Waals surface area contributed by atoms with Gasteiger partial charge in [-0.05, 0) is 6.42 Å². The molecule has 13 heavy (non-hydrogen) atoms. The molecule has 0 unspecified atom stereocenters. The molecule has 0 saturated carbocycles. The van der Waals surface area contributed by atoms with E-state index in [0.29, 0.717) is 18.5 Å². The largest absolute Gasteiger partial charge is 0.396 e. The SMILES string of the molecule is Nc1[nH]ncc1C(=O)NCCCO. The van der Waals surface area contributed by atoms with Gasteiger partial charge in [0.2, 0.25) is 0 Å². The molecule has 6 nitrogen and oxygen atoms in total. The molecule has 0 atom stereocenters. The van der Waals surface area contributed by atoms with Gasteiger partial charge in [0.05, 0.1) is 6.20 Å². The number of aliphatic hydroxyl groups excluding tert-OH is 1. The summed E-state index contributed by atoms with van der Waals surface area (Å²) in [6, 6.07) is 0. The molecule has 1 rings (SSSR count). The first-order valence-electron chi connectivity index (χ1n) is 3.93. The summed E-state index contributed by atoms with van der Waals surface area (Å²) in [6.07, 6.45) is 1.90. The van der Waals surface area contributed by atoms with Crippen molar-refractivity contribution in [3.63, 3.8) is 0 Å². The number of carbonyl (C=O) groups is 1. The lowest BCUT2D eigenvalue weighted by atomic mass is 10.3. The minimum Gasteiger partial charge on any atom is -0.396 e. The van der Waals surface area contributed by atoms with Crippen molar-refractivity contribution in [3.8, 4) is 0 Å². The Morgan fingerprint density at radius 3 is 3.08 bits per heavy atom. The van der Waals surface area contributed by atoms with Crippen molar-refractivity contribution in [2.75, 3.05) is 18.9 Å². The van der Waals surface area contributed by atoms with Crippen LogP contribution >= 0.6 is 0 Å². The molecule has 0 aliphatic carbocycles. The lowest BCUT2D eigenvalue weighted by molar-refractivity contribution is 0.0952. The molecule has 0 aliphatic rings. The van der Waals surface area contributed by atoms with Crippen LogP contribution in [0, 0.1) is 0 Å². The predicted molar refractivity (Wildman–Crippen MR) is 47.0 cm³/mol. The van der Waals surface area contributed by atoms with Gasteiger partial charge in [0.15, 0.2) is 0 Å². The first-order valence-corrected chi connectivity index (χ1v) is 3.93. The summed E-state index contributed by atoms with van der Waals surface area (Å²) in [5.74, 6) is -0.0267. The third-order valence-electron chi connectivity index (χ3n) is 1.53. The van der Waals surface area contributed by atoms with E-state index in [1.807, 2.05) is 0 Å². The quantitative estimate of drug-likeness (QED) is 0.455. The number of aliphatic hydroxyl groups is 1. The molecule has 1 aromatic heterocycles. The van der Waals surface area contributed by atoms with Gasteiger partial charge in [0, 0.05) is 13.2 Å². The average molecular weight is 184 g/mol. The topological polar surface area (TPSA) is 104 Å². The van der Waals surface area contributed by atoms with Crippen LogP contribution < -0.4 is 11.1 Å². The maximum Gasteiger partial charge on any atom is 0.256 e. The van der Waals surface area contributed by atoms with E-state index in [4.69, 9.17) is 10.8 Å². The molecule has 5 N–H and O–H groups in total.